The van der Waals surface area contributed by atoms with Crippen LogP contribution in [0.3, 0.4) is 0 Å². The molecule has 4 nitrogen and oxygen atoms in total. The molecule has 1 saturated heterocycles. The fourth-order valence-corrected chi connectivity index (χ4v) is 2.29. The molecule has 0 aliphatic carbocycles. The van der Waals surface area contributed by atoms with E-state index in [-0.39, 0.29) is 6.04 Å². The average Bonchev–Trinajstić information content (AvgIpc) is 2.74. The van der Waals surface area contributed by atoms with Crippen LogP contribution in [-0.4, -0.2) is 29.2 Å². The zero-order chi connectivity index (χ0) is 11.4. The van der Waals surface area contributed by atoms with Gasteiger partial charge in [0, 0.05) is 24.5 Å². The summed E-state index contributed by atoms with van der Waals surface area (Å²) in [7, 11) is 0. The molecule has 0 spiro atoms. The number of hydrogen-bond donors (Lipinski definition) is 1. The second kappa shape index (κ2) is 5.37. The van der Waals surface area contributed by atoms with Gasteiger partial charge >= 0.3 is 0 Å². The molecule has 1 fully saturated rings. The number of ether oxygens (including phenoxy) is 1. The Balaban J connectivity index is 2.11. The van der Waals surface area contributed by atoms with Crippen molar-refractivity contribution in [2.24, 2.45) is 5.92 Å². The largest absolute Gasteiger partial charge is 0.378 e. The minimum absolute atomic E-state index is 0.267. The lowest BCUT2D eigenvalue weighted by atomic mass is 9.94. The van der Waals surface area contributed by atoms with Crippen molar-refractivity contribution in [1.82, 2.24) is 15.3 Å². The van der Waals surface area contributed by atoms with E-state index in [2.05, 4.69) is 29.1 Å². The van der Waals surface area contributed by atoms with Crippen LogP contribution >= 0.6 is 0 Å². The summed E-state index contributed by atoms with van der Waals surface area (Å²) < 4.78 is 5.63. The average molecular weight is 221 g/mol. The van der Waals surface area contributed by atoms with Crippen molar-refractivity contribution in [1.29, 1.82) is 0 Å². The first-order valence-corrected chi connectivity index (χ1v) is 5.92. The highest BCUT2D eigenvalue weighted by Gasteiger charge is 2.30. The Morgan fingerprint density at radius 2 is 2.44 bits per heavy atom. The Bertz CT molecular complexity index is 317. The minimum Gasteiger partial charge on any atom is -0.378 e. The first kappa shape index (κ1) is 11.5. The summed E-state index contributed by atoms with van der Waals surface area (Å²) in [5.74, 6) is 0.506. The molecule has 1 aromatic heterocycles. The van der Waals surface area contributed by atoms with E-state index in [1.807, 2.05) is 6.20 Å². The molecule has 0 aromatic carbocycles. The second-order valence-electron chi connectivity index (χ2n) is 4.31. The van der Waals surface area contributed by atoms with Gasteiger partial charge in [-0.25, -0.2) is 0 Å². The van der Waals surface area contributed by atoms with Crippen molar-refractivity contribution in [3.05, 3.63) is 24.3 Å². The van der Waals surface area contributed by atoms with Gasteiger partial charge in [0.25, 0.3) is 0 Å². The van der Waals surface area contributed by atoms with Crippen molar-refractivity contribution >= 4 is 0 Å². The van der Waals surface area contributed by atoms with Crippen molar-refractivity contribution < 1.29 is 4.74 Å². The van der Waals surface area contributed by atoms with Gasteiger partial charge in [0.2, 0.25) is 0 Å². The Morgan fingerprint density at radius 1 is 1.56 bits per heavy atom. The predicted octanol–water partition coefficient (Wildman–Crippen LogP) is 1.55. The van der Waals surface area contributed by atoms with Gasteiger partial charge in [-0.15, -0.1) is 0 Å². The smallest absolute Gasteiger partial charge is 0.0759 e. The molecule has 1 aromatic rings. The van der Waals surface area contributed by atoms with Crippen molar-refractivity contribution in [2.45, 2.75) is 32.4 Å². The van der Waals surface area contributed by atoms with Crippen LogP contribution in [0.4, 0.5) is 0 Å². The van der Waals surface area contributed by atoms with Crippen LogP contribution in [0.15, 0.2) is 18.6 Å². The van der Waals surface area contributed by atoms with E-state index in [0.717, 1.165) is 25.3 Å². The molecule has 0 amide bonds. The molecule has 3 atom stereocenters. The molecule has 16 heavy (non-hydrogen) atoms. The SMILES string of the molecule is CCNC(c1cnccn1)C1COC(C)C1. The lowest BCUT2D eigenvalue weighted by Crippen LogP contribution is -2.29. The van der Waals surface area contributed by atoms with E-state index in [1.54, 1.807) is 12.4 Å². The van der Waals surface area contributed by atoms with Crippen LogP contribution in [0.2, 0.25) is 0 Å². The molecule has 2 heterocycles. The topological polar surface area (TPSA) is 47.0 Å². The maximum atomic E-state index is 5.63. The zero-order valence-corrected chi connectivity index (χ0v) is 9.89. The number of rotatable bonds is 4. The monoisotopic (exact) mass is 221 g/mol. The molecule has 0 radical (unpaired) electrons. The molecule has 2 rings (SSSR count). The summed E-state index contributed by atoms with van der Waals surface area (Å²) in [5.41, 5.74) is 1.02. The highest BCUT2D eigenvalue weighted by Crippen LogP contribution is 2.30. The Kier molecular flexibility index (Phi) is 3.85. The van der Waals surface area contributed by atoms with Gasteiger partial charge < -0.3 is 10.1 Å². The van der Waals surface area contributed by atoms with E-state index in [9.17, 15) is 0 Å². The van der Waals surface area contributed by atoms with E-state index >= 15 is 0 Å². The number of aromatic nitrogens is 2. The van der Waals surface area contributed by atoms with Crippen LogP contribution in [0.25, 0.3) is 0 Å². The first-order valence-electron chi connectivity index (χ1n) is 5.92. The van der Waals surface area contributed by atoms with Crippen molar-refractivity contribution in [3.63, 3.8) is 0 Å². The molecule has 88 valence electrons. The first-order chi connectivity index (χ1) is 7.81. The second-order valence-corrected chi connectivity index (χ2v) is 4.31. The summed E-state index contributed by atoms with van der Waals surface area (Å²) in [6, 6.07) is 0.267. The third-order valence-corrected chi connectivity index (χ3v) is 3.03. The van der Waals surface area contributed by atoms with Crippen LogP contribution in [0.5, 0.6) is 0 Å². The highest BCUT2D eigenvalue weighted by molar-refractivity contribution is 5.05. The summed E-state index contributed by atoms with van der Waals surface area (Å²) >= 11 is 0. The molecule has 3 unspecified atom stereocenters. The maximum Gasteiger partial charge on any atom is 0.0759 e. The van der Waals surface area contributed by atoms with Gasteiger partial charge in [-0.1, -0.05) is 6.92 Å². The Hall–Kier alpha value is -1.00. The molecular weight excluding hydrogens is 202 g/mol. The van der Waals surface area contributed by atoms with Gasteiger partial charge in [-0.05, 0) is 19.9 Å². The third kappa shape index (κ3) is 2.57. The van der Waals surface area contributed by atoms with Gasteiger partial charge in [0.05, 0.1) is 24.4 Å². The summed E-state index contributed by atoms with van der Waals surface area (Å²) in [4.78, 5) is 8.52. The van der Waals surface area contributed by atoms with Crippen LogP contribution in [-0.2, 0) is 4.74 Å². The standard InChI is InChI=1S/C12H19N3O/c1-3-14-12(10-6-9(2)16-8-10)11-7-13-4-5-15-11/h4-5,7,9-10,12,14H,3,6,8H2,1-2H3. The predicted molar refractivity (Wildman–Crippen MR) is 62.0 cm³/mol. The quantitative estimate of drug-likeness (QED) is 0.838. The summed E-state index contributed by atoms with van der Waals surface area (Å²) in [5, 5.41) is 3.48. The lowest BCUT2D eigenvalue weighted by molar-refractivity contribution is 0.116. The molecule has 0 saturated carbocycles. The Morgan fingerprint density at radius 3 is 3.00 bits per heavy atom. The van der Waals surface area contributed by atoms with E-state index in [1.165, 1.54) is 0 Å². The van der Waals surface area contributed by atoms with Gasteiger partial charge in [0.1, 0.15) is 0 Å². The van der Waals surface area contributed by atoms with Gasteiger partial charge in [-0.2, -0.15) is 0 Å². The Labute approximate surface area is 96.4 Å². The van der Waals surface area contributed by atoms with E-state index in [0.29, 0.717) is 12.0 Å². The van der Waals surface area contributed by atoms with Gasteiger partial charge in [0.15, 0.2) is 0 Å². The molecule has 1 aliphatic rings. The fraction of sp³-hybridized carbons (Fsp3) is 0.667. The highest BCUT2D eigenvalue weighted by atomic mass is 16.5. The summed E-state index contributed by atoms with van der Waals surface area (Å²) in [6.45, 7) is 5.99. The number of nitrogens with one attached hydrogen (secondary N) is 1. The molecule has 1 N–H and O–H groups in total. The minimum atomic E-state index is 0.267. The van der Waals surface area contributed by atoms with Crippen molar-refractivity contribution in [2.75, 3.05) is 13.2 Å². The van der Waals surface area contributed by atoms with Crippen molar-refractivity contribution in [3.8, 4) is 0 Å². The van der Waals surface area contributed by atoms with E-state index in [4.69, 9.17) is 4.74 Å². The maximum absolute atomic E-state index is 5.63. The normalized spacial score (nSPS) is 26.9. The lowest BCUT2D eigenvalue weighted by Gasteiger charge is -2.22. The number of nitrogens with zero attached hydrogens (tertiary/aromatic N) is 2. The number of hydrogen-bond acceptors (Lipinski definition) is 4. The van der Waals surface area contributed by atoms with Crippen LogP contribution < -0.4 is 5.32 Å². The molecule has 1 aliphatic heterocycles. The molecular formula is C12H19N3O. The molecule has 0 bridgehead atoms. The van der Waals surface area contributed by atoms with Gasteiger partial charge in [-0.3, -0.25) is 9.97 Å². The molecule has 4 heteroatoms. The summed E-state index contributed by atoms with van der Waals surface area (Å²) in [6.07, 6.45) is 6.76. The van der Waals surface area contributed by atoms with Crippen LogP contribution in [0.1, 0.15) is 32.0 Å². The zero-order valence-electron chi connectivity index (χ0n) is 9.89. The van der Waals surface area contributed by atoms with Crippen LogP contribution in [0, 0.1) is 5.92 Å². The van der Waals surface area contributed by atoms with E-state index < -0.39 is 0 Å². The fourth-order valence-electron chi connectivity index (χ4n) is 2.29. The third-order valence-electron chi connectivity index (χ3n) is 3.03.